The molecule has 0 spiro atoms. The molecule has 3 aromatic rings. The van der Waals surface area contributed by atoms with Crippen molar-refractivity contribution in [2.24, 2.45) is 0 Å². The van der Waals surface area contributed by atoms with Gasteiger partial charge in [0.25, 0.3) is 0 Å². The molecule has 0 unspecified atom stereocenters. The number of rotatable bonds is 7. The van der Waals surface area contributed by atoms with Crippen molar-refractivity contribution < 1.29 is 18.4 Å². The highest BCUT2D eigenvalue weighted by Crippen LogP contribution is 2.26. The summed E-state index contributed by atoms with van der Waals surface area (Å²) in [6.07, 6.45) is 0.529. The minimum absolute atomic E-state index is 0.127. The van der Waals surface area contributed by atoms with Crippen LogP contribution < -0.4 is 10.1 Å². The van der Waals surface area contributed by atoms with Crippen LogP contribution in [0.2, 0.25) is 0 Å². The highest BCUT2D eigenvalue weighted by molar-refractivity contribution is 5.76. The Kier molecular flexibility index (Phi) is 6.03. The van der Waals surface area contributed by atoms with E-state index in [4.69, 9.17) is 9.26 Å². The number of amides is 1. The van der Waals surface area contributed by atoms with Crippen LogP contribution in [-0.2, 0) is 11.2 Å². The third kappa shape index (κ3) is 4.73. The summed E-state index contributed by atoms with van der Waals surface area (Å²) in [5.74, 6) is 1.00. The van der Waals surface area contributed by atoms with Crippen molar-refractivity contribution in [2.45, 2.75) is 32.7 Å². The van der Waals surface area contributed by atoms with Gasteiger partial charge in [0.1, 0.15) is 11.6 Å². The average molecular weight is 383 g/mol. The summed E-state index contributed by atoms with van der Waals surface area (Å²) >= 11 is 0. The van der Waals surface area contributed by atoms with E-state index in [0.29, 0.717) is 23.7 Å². The molecule has 0 saturated carbocycles. The van der Waals surface area contributed by atoms with Gasteiger partial charge in [0.05, 0.1) is 13.2 Å². The molecule has 1 aromatic heterocycles. The van der Waals surface area contributed by atoms with Gasteiger partial charge in [0.2, 0.25) is 17.6 Å². The first-order valence-corrected chi connectivity index (χ1v) is 8.98. The van der Waals surface area contributed by atoms with Crippen molar-refractivity contribution in [2.75, 3.05) is 7.11 Å². The lowest BCUT2D eigenvalue weighted by Crippen LogP contribution is -2.27. The van der Waals surface area contributed by atoms with Crippen molar-refractivity contribution in [1.82, 2.24) is 15.5 Å². The number of ether oxygens (including phenoxy) is 1. The monoisotopic (exact) mass is 383 g/mol. The Bertz CT molecular complexity index is 954. The largest absolute Gasteiger partial charge is 0.496 e. The molecule has 0 bridgehead atoms. The summed E-state index contributed by atoms with van der Waals surface area (Å²) in [4.78, 5) is 16.6. The van der Waals surface area contributed by atoms with Crippen LogP contribution in [0.15, 0.2) is 47.0 Å². The molecule has 28 heavy (non-hydrogen) atoms. The predicted molar refractivity (Wildman–Crippen MR) is 102 cm³/mol. The highest BCUT2D eigenvalue weighted by atomic mass is 19.1. The lowest BCUT2D eigenvalue weighted by molar-refractivity contribution is -0.121. The Balaban J connectivity index is 1.57. The van der Waals surface area contributed by atoms with Crippen molar-refractivity contribution in [1.29, 1.82) is 0 Å². The van der Waals surface area contributed by atoms with E-state index in [9.17, 15) is 9.18 Å². The molecule has 0 fully saturated rings. The van der Waals surface area contributed by atoms with E-state index < -0.39 is 0 Å². The Morgan fingerprint density at radius 1 is 1.25 bits per heavy atom. The summed E-state index contributed by atoms with van der Waals surface area (Å²) in [6, 6.07) is 11.5. The van der Waals surface area contributed by atoms with Crippen LogP contribution in [-0.4, -0.2) is 23.2 Å². The van der Waals surface area contributed by atoms with Crippen molar-refractivity contribution in [3.05, 3.63) is 65.3 Å². The number of nitrogens with zero attached hydrogens (tertiary/aromatic N) is 2. The van der Waals surface area contributed by atoms with Gasteiger partial charge in [-0.15, -0.1) is 0 Å². The molecule has 1 N–H and O–H groups in total. The number of hydrogen-bond acceptors (Lipinski definition) is 5. The van der Waals surface area contributed by atoms with E-state index in [2.05, 4.69) is 15.5 Å². The third-order valence-electron chi connectivity index (χ3n) is 4.37. The fourth-order valence-corrected chi connectivity index (χ4v) is 2.88. The van der Waals surface area contributed by atoms with E-state index >= 15 is 0 Å². The van der Waals surface area contributed by atoms with Crippen LogP contribution in [0.3, 0.4) is 0 Å². The summed E-state index contributed by atoms with van der Waals surface area (Å²) in [5, 5.41) is 6.84. The standard InChI is InChI=1S/C21H22FN3O3/c1-13-4-9-18(27-3)17(12-13)14(2)23-19(26)10-11-20-24-21(25-28-20)15-5-7-16(22)8-6-15/h4-9,12,14H,10-11H2,1-3H3,(H,23,26)/t14-/m1/s1. The molecule has 6 nitrogen and oxygen atoms in total. The van der Waals surface area contributed by atoms with E-state index in [1.807, 2.05) is 32.0 Å². The SMILES string of the molecule is COc1ccc(C)cc1[C@@H](C)NC(=O)CCc1nc(-c2ccc(F)cc2)no1. The van der Waals surface area contributed by atoms with Gasteiger partial charge >= 0.3 is 0 Å². The zero-order chi connectivity index (χ0) is 20.1. The highest BCUT2D eigenvalue weighted by Gasteiger charge is 2.16. The van der Waals surface area contributed by atoms with Gasteiger partial charge in [-0.05, 0) is 44.2 Å². The molecule has 2 aromatic carbocycles. The lowest BCUT2D eigenvalue weighted by atomic mass is 10.0. The first kappa shape index (κ1) is 19.5. The van der Waals surface area contributed by atoms with E-state index in [1.54, 1.807) is 19.2 Å². The van der Waals surface area contributed by atoms with E-state index in [1.165, 1.54) is 12.1 Å². The molecular formula is C21H22FN3O3. The van der Waals surface area contributed by atoms with Crippen LogP contribution in [0.25, 0.3) is 11.4 Å². The molecule has 0 aliphatic rings. The molecule has 0 saturated heterocycles. The minimum atomic E-state index is -0.330. The van der Waals surface area contributed by atoms with Crippen LogP contribution in [0.5, 0.6) is 5.75 Å². The van der Waals surface area contributed by atoms with Crippen LogP contribution in [0, 0.1) is 12.7 Å². The first-order chi connectivity index (χ1) is 13.5. The summed E-state index contributed by atoms with van der Waals surface area (Å²) < 4.78 is 23.6. The van der Waals surface area contributed by atoms with Crippen molar-refractivity contribution in [3.63, 3.8) is 0 Å². The molecule has 3 rings (SSSR count). The maximum Gasteiger partial charge on any atom is 0.227 e. The number of nitrogens with one attached hydrogen (secondary N) is 1. The Hall–Kier alpha value is -3.22. The zero-order valence-electron chi connectivity index (χ0n) is 16.0. The fraction of sp³-hybridized carbons (Fsp3) is 0.286. The fourth-order valence-electron chi connectivity index (χ4n) is 2.88. The molecule has 1 heterocycles. The van der Waals surface area contributed by atoms with Crippen molar-refractivity contribution >= 4 is 5.91 Å². The predicted octanol–water partition coefficient (Wildman–Crippen LogP) is 4.00. The normalized spacial score (nSPS) is 11.9. The number of aryl methyl sites for hydroxylation is 2. The summed E-state index contributed by atoms with van der Waals surface area (Å²) in [5.41, 5.74) is 2.67. The second kappa shape index (κ2) is 8.65. The second-order valence-electron chi connectivity index (χ2n) is 6.55. The van der Waals surface area contributed by atoms with E-state index in [-0.39, 0.29) is 24.2 Å². The quantitative estimate of drug-likeness (QED) is 0.667. The third-order valence-corrected chi connectivity index (χ3v) is 4.37. The second-order valence-corrected chi connectivity index (χ2v) is 6.55. The number of carbonyl (C=O) groups is 1. The molecule has 0 aliphatic heterocycles. The van der Waals surface area contributed by atoms with Crippen LogP contribution in [0.1, 0.15) is 36.4 Å². The molecule has 146 valence electrons. The number of benzene rings is 2. The molecule has 0 radical (unpaired) electrons. The van der Waals surface area contributed by atoms with Gasteiger partial charge in [-0.3, -0.25) is 4.79 Å². The zero-order valence-corrected chi connectivity index (χ0v) is 16.0. The van der Waals surface area contributed by atoms with Gasteiger partial charge in [0, 0.05) is 24.0 Å². The van der Waals surface area contributed by atoms with Gasteiger partial charge in [-0.1, -0.05) is 22.9 Å². The van der Waals surface area contributed by atoms with Gasteiger partial charge < -0.3 is 14.6 Å². The van der Waals surface area contributed by atoms with Gasteiger partial charge in [-0.25, -0.2) is 4.39 Å². The van der Waals surface area contributed by atoms with Gasteiger partial charge in [-0.2, -0.15) is 4.98 Å². The average Bonchev–Trinajstić information content (AvgIpc) is 3.16. The Morgan fingerprint density at radius 2 is 2.00 bits per heavy atom. The smallest absolute Gasteiger partial charge is 0.227 e. The summed E-state index contributed by atoms with van der Waals surface area (Å²) in [6.45, 7) is 3.90. The molecule has 1 amide bonds. The van der Waals surface area contributed by atoms with Gasteiger partial charge in [0.15, 0.2) is 0 Å². The molecule has 1 atom stereocenters. The number of halogens is 1. The number of aromatic nitrogens is 2. The lowest BCUT2D eigenvalue weighted by Gasteiger charge is -2.17. The van der Waals surface area contributed by atoms with E-state index in [0.717, 1.165) is 16.9 Å². The molecule has 0 aliphatic carbocycles. The Labute approximate surface area is 162 Å². The van der Waals surface area contributed by atoms with Crippen LogP contribution >= 0.6 is 0 Å². The van der Waals surface area contributed by atoms with Crippen molar-refractivity contribution in [3.8, 4) is 17.1 Å². The first-order valence-electron chi connectivity index (χ1n) is 8.98. The Morgan fingerprint density at radius 3 is 2.71 bits per heavy atom. The number of hydrogen-bond donors (Lipinski definition) is 1. The number of methoxy groups -OCH3 is 1. The molecular weight excluding hydrogens is 361 g/mol. The van der Waals surface area contributed by atoms with Crippen LogP contribution in [0.4, 0.5) is 4.39 Å². The molecule has 7 heteroatoms. The minimum Gasteiger partial charge on any atom is -0.496 e. The summed E-state index contributed by atoms with van der Waals surface area (Å²) in [7, 11) is 1.61. The topological polar surface area (TPSA) is 77.2 Å². The maximum atomic E-state index is 13.0. The maximum absolute atomic E-state index is 13.0. The number of carbonyl (C=O) groups excluding carboxylic acids is 1.